The molecule has 0 aromatic carbocycles. The van der Waals surface area contributed by atoms with E-state index in [9.17, 15) is 0 Å². The Kier molecular flexibility index (Phi) is 4.24. The van der Waals surface area contributed by atoms with E-state index in [4.69, 9.17) is 0 Å². The second-order valence-electron chi connectivity index (χ2n) is 5.76. The Labute approximate surface area is 131 Å². The van der Waals surface area contributed by atoms with Gasteiger partial charge in [-0.05, 0) is 26.0 Å². The summed E-state index contributed by atoms with van der Waals surface area (Å²) < 4.78 is 4.35. The van der Waals surface area contributed by atoms with Crippen LogP contribution in [0.1, 0.15) is 31.1 Å². The quantitative estimate of drug-likeness (QED) is 0.760. The molecule has 5 nitrogen and oxygen atoms in total. The van der Waals surface area contributed by atoms with E-state index < -0.39 is 0 Å². The van der Waals surface area contributed by atoms with Crippen molar-refractivity contribution < 1.29 is 0 Å². The Balaban J connectivity index is 1.62. The third-order valence-corrected chi connectivity index (χ3v) is 3.97. The minimum Gasteiger partial charge on any atom is -0.333 e. The van der Waals surface area contributed by atoms with Gasteiger partial charge in [0.15, 0.2) is 0 Å². The van der Waals surface area contributed by atoms with E-state index in [2.05, 4.69) is 57.3 Å². The molecule has 0 fully saturated rings. The van der Waals surface area contributed by atoms with Crippen molar-refractivity contribution in [1.29, 1.82) is 0 Å². The van der Waals surface area contributed by atoms with Gasteiger partial charge in [-0.3, -0.25) is 0 Å². The van der Waals surface area contributed by atoms with Crippen LogP contribution in [-0.4, -0.2) is 25.0 Å². The number of pyridine rings is 1. The molecule has 0 aliphatic heterocycles. The molecule has 1 N–H and O–H groups in total. The number of nitrogens with zero attached hydrogens (tertiary/aromatic N) is 4. The second-order valence-corrected chi connectivity index (χ2v) is 5.76. The summed E-state index contributed by atoms with van der Waals surface area (Å²) in [5, 5.41) is 3.54. The molecule has 3 rings (SSSR count). The van der Waals surface area contributed by atoms with Crippen molar-refractivity contribution in [1.82, 2.24) is 24.3 Å². The summed E-state index contributed by atoms with van der Waals surface area (Å²) in [6.45, 7) is 8.13. The van der Waals surface area contributed by atoms with Gasteiger partial charge in [0, 0.05) is 49.8 Å². The van der Waals surface area contributed by atoms with Gasteiger partial charge in [0.25, 0.3) is 0 Å². The lowest BCUT2D eigenvalue weighted by atomic mass is 10.3. The molecule has 1 atom stereocenters. The molecule has 0 saturated carbocycles. The molecule has 116 valence electrons. The predicted octanol–water partition coefficient (Wildman–Crippen LogP) is 2.58. The van der Waals surface area contributed by atoms with Crippen molar-refractivity contribution in [2.75, 3.05) is 0 Å². The molecular formula is C17H23N5. The van der Waals surface area contributed by atoms with Gasteiger partial charge in [-0.2, -0.15) is 0 Å². The Morgan fingerprint density at radius 1 is 1.32 bits per heavy atom. The zero-order valence-electron chi connectivity index (χ0n) is 13.5. The SMILES string of the molecule is CCc1nccn1C[C@@H](C)NCc1cn2c(C)cccc2n1. The fourth-order valence-corrected chi connectivity index (χ4v) is 2.74. The predicted molar refractivity (Wildman–Crippen MR) is 87.8 cm³/mol. The smallest absolute Gasteiger partial charge is 0.137 e. The van der Waals surface area contributed by atoms with Gasteiger partial charge in [0.05, 0.1) is 5.69 Å². The zero-order valence-corrected chi connectivity index (χ0v) is 13.5. The lowest BCUT2D eigenvalue weighted by Gasteiger charge is -2.15. The van der Waals surface area contributed by atoms with Crippen LogP contribution in [0, 0.1) is 6.92 Å². The molecular weight excluding hydrogens is 274 g/mol. The highest BCUT2D eigenvalue weighted by Gasteiger charge is 2.08. The van der Waals surface area contributed by atoms with Crippen LogP contribution in [-0.2, 0) is 19.5 Å². The molecule has 0 bridgehead atoms. The first kappa shape index (κ1) is 14.8. The number of hydrogen-bond donors (Lipinski definition) is 1. The van der Waals surface area contributed by atoms with Gasteiger partial charge in [-0.1, -0.05) is 13.0 Å². The maximum Gasteiger partial charge on any atom is 0.137 e. The van der Waals surface area contributed by atoms with Gasteiger partial charge >= 0.3 is 0 Å². The summed E-state index contributed by atoms with van der Waals surface area (Å²) in [5.41, 5.74) is 3.28. The Morgan fingerprint density at radius 2 is 2.18 bits per heavy atom. The third kappa shape index (κ3) is 3.04. The van der Waals surface area contributed by atoms with Gasteiger partial charge in [0.1, 0.15) is 11.5 Å². The molecule has 0 unspecified atom stereocenters. The first-order valence-electron chi connectivity index (χ1n) is 7.84. The van der Waals surface area contributed by atoms with Crippen LogP contribution in [0.15, 0.2) is 36.8 Å². The third-order valence-electron chi connectivity index (χ3n) is 3.97. The molecule has 22 heavy (non-hydrogen) atoms. The molecule has 0 amide bonds. The highest BCUT2D eigenvalue weighted by atomic mass is 15.1. The van der Waals surface area contributed by atoms with Crippen molar-refractivity contribution in [3.63, 3.8) is 0 Å². The molecule has 0 aliphatic rings. The Bertz CT molecular complexity index is 755. The van der Waals surface area contributed by atoms with Crippen LogP contribution in [0.5, 0.6) is 0 Å². The maximum atomic E-state index is 4.66. The zero-order chi connectivity index (χ0) is 15.5. The topological polar surface area (TPSA) is 47.2 Å². The van der Waals surface area contributed by atoms with Crippen LogP contribution in [0.25, 0.3) is 5.65 Å². The van der Waals surface area contributed by atoms with Crippen molar-refractivity contribution in [3.8, 4) is 0 Å². The van der Waals surface area contributed by atoms with E-state index in [0.717, 1.165) is 36.7 Å². The molecule has 5 heteroatoms. The summed E-state index contributed by atoms with van der Waals surface area (Å²) in [6, 6.07) is 6.55. The molecule has 0 aliphatic carbocycles. The monoisotopic (exact) mass is 297 g/mol. The Morgan fingerprint density at radius 3 is 2.95 bits per heavy atom. The average molecular weight is 297 g/mol. The van der Waals surface area contributed by atoms with Crippen LogP contribution in [0.3, 0.4) is 0 Å². The highest BCUT2D eigenvalue weighted by molar-refractivity contribution is 5.41. The summed E-state index contributed by atoms with van der Waals surface area (Å²) in [6.07, 6.45) is 6.99. The summed E-state index contributed by atoms with van der Waals surface area (Å²) in [4.78, 5) is 9.02. The number of aromatic nitrogens is 4. The number of imidazole rings is 2. The van der Waals surface area contributed by atoms with Crippen molar-refractivity contribution in [2.45, 2.75) is 46.3 Å². The van der Waals surface area contributed by atoms with Crippen molar-refractivity contribution in [3.05, 3.63) is 54.0 Å². The van der Waals surface area contributed by atoms with Gasteiger partial charge < -0.3 is 14.3 Å². The van der Waals surface area contributed by atoms with Gasteiger partial charge in [0.2, 0.25) is 0 Å². The van der Waals surface area contributed by atoms with E-state index in [1.54, 1.807) is 0 Å². The first-order chi connectivity index (χ1) is 10.7. The summed E-state index contributed by atoms with van der Waals surface area (Å²) in [5.74, 6) is 1.14. The molecule has 3 aromatic heterocycles. The van der Waals surface area contributed by atoms with Crippen LogP contribution < -0.4 is 5.32 Å². The maximum absolute atomic E-state index is 4.66. The molecule has 0 saturated heterocycles. The number of fused-ring (bicyclic) bond motifs is 1. The number of rotatable bonds is 6. The van der Waals surface area contributed by atoms with Gasteiger partial charge in [-0.25, -0.2) is 9.97 Å². The van der Waals surface area contributed by atoms with Crippen LogP contribution in [0.4, 0.5) is 0 Å². The molecule has 0 radical (unpaired) electrons. The number of hydrogen-bond acceptors (Lipinski definition) is 3. The minimum atomic E-state index is 0.366. The lowest BCUT2D eigenvalue weighted by Crippen LogP contribution is -2.30. The number of nitrogens with one attached hydrogen (secondary N) is 1. The Hall–Kier alpha value is -2.14. The van der Waals surface area contributed by atoms with Gasteiger partial charge in [-0.15, -0.1) is 0 Å². The number of aryl methyl sites for hydroxylation is 2. The second kappa shape index (κ2) is 6.32. The van der Waals surface area contributed by atoms with E-state index in [1.165, 1.54) is 5.69 Å². The lowest BCUT2D eigenvalue weighted by molar-refractivity contribution is 0.465. The molecule has 3 heterocycles. The summed E-state index contributed by atoms with van der Waals surface area (Å²) in [7, 11) is 0. The van der Waals surface area contributed by atoms with Crippen molar-refractivity contribution in [2.24, 2.45) is 0 Å². The molecule has 3 aromatic rings. The van der Waals surface area contributed by atoms with Crippen LogP contribution >= 0.6 is 0 Å². The molecule has 0 spiro atoms. The van der Waals surface area contributed by atoms with E-state index in [-0.39, 0.29) is 0 Å². The minimum absolute atomic E-state index is 0.366. The normalized spacial score (nSPS) is 12.9. The van der Waals surface area contributed by atoms with Crippen molar-refractivity contribution >= 4 is 5.65 Å². The largest absolute Gasteiger partial charge is 0.333 e. The first-order valence-corrected chi connectivity index (χ1v) is 7.84. The van der Waals surface area contributed by atoms with Crippen LogP contribution in [0.2, 0.25) is 0 Å². The fourth-order valence-electron chi connectivity index (χ4n) is 2.74. The fraction of sp³-hybridized carbons (Fsp3) is 0.412. The average Bonchev–Trinajstić information content (AvgIpc) is 3.12. The van der Waals surface area contributed by atoms with E-state index >= 15 is 0 Å². The standard InChI is InChI=1S/C17H23N5/c1-4-16-18-8-9-21(16)11-13(2)19-10-15-12-22-14(3)6-5-7-17(22)20-15/h5-9,12-13,19H,4,10-11H2,1-3H3/t13-/m1/s1. The van der Waals surface area contributed by atoms with E-state index in [0.29, 0.717) is 6.04 Å². The highest BCUT2D eigenvalue weighted by Crippen LogP contribution is 2.08. The summed E-state index contributed by atoms with van der Waals surface area (Å²) >= 11 is 0. The van der Waals surface area contributed by atoms with E-state index in [1.807, 2.05) is 24.5 Å².